The van der Waals surface area contributed by atoms with Gasteiger partial charge in [0, 0.05) is 13.5 Å². The Bertz CT molecular complexity index is 498. The van der Waals surface area contributed by atoms with Crippen molar-refractivity contribution in [2.45, 2.75) is 26.2 Å². The van der Waals surface area contributed by atoms with E-state index in [4.69, 9.17) is 9.47 Å². The standard InChI is InChI=1S/C19H30N2O3/c1-15(16-8-10-20-11-9-16)14-19(22)21(2)12-13-24-18-6-4-17(23-3)5-7-18/h4-7,15-16,20H,8-14H2,1-3H3. The topological polar surface area (TPSA) is 50.8 Å². The molecule has 0 aromatic heterocycles. The zero-order valence-electron chi connectivity index (χ0n) is 15.1. The summed E-state index contributed by atoms with van der Waals surface area (Å²) in [4.78, 5) is 14.1. The van der Waals surface area contributed by atoms with Gasteiger partial charge in [0.15, 0.2) is 0 Å². The van der Waals surface area contributed by atoms with Crippen LogP contribution in [0.5, 0.6) is 11.5 Å². The molecule has 5 heteroatoms. The highest BCUT2D eigenvalue weighted by atomic mass is 16.5. The van der Waals surface area contributed by atoms with Gasteiger partial charge in [-0.15, -0.1) is 0 Å². The van der Waals surface area contributed by atoms with Crippen molar-refractivity contribution in [2.24, 2.45) is 11.8 Å². The molecule has 0 spiro atoms. The molecule has 24 heavy (non-hydrogen) atoms. The summed E-state index contributed by atoms with van der Waals surface area (Å²) in [6, 6.07) is 7.48. The van der Waals surface area contributed by atoms with Crippen molar-refractivity contribution in [3.63, 3.8) is 0 Å². The van der Waals surface area contributed by atoms with Crippen LogP contribution in [0.4, 0.5) is 0 Å². The fourth-order valence-corrected chi connectivity index (χ4v) is 3.11. The molecule has 1 atom stereocenters. The van der Waals surface area contributed by atoms with E-state index >= 15 is 0 Å². The van der Waals surface area contributed by atoms with Gasteiger partial charge in [0.2, 0.25) is 5.91 Å². The summed E-state index contributed by atoms with van der Waals surface area (Å²) in [7, 11) is 3.50. The van der Waals surface area contributed by atoms with E-state index in [0.29, 0.717) is 31.4 Å². The van der Waals surface area contributed by atoms with Gasteiger partial charge >= 0.3 is 0 Å². The zero-order valence-corrected chi connectivity index (χ0v) is 15.1. The van der Waals surface area contributed by atoms with Crippen LogP contribution < -0.4 is 14.8 Å². The minimum absolute atomic E-state index is 0.208. The average Bonchev–Trinajstić information content (AvgIpc) is 2.62. The minimum Gasteiger partial charge on any atom is -0.497 e. The molecule has 2 rings (SSSR count). The van der Waals surface area contributed by atoms with Crippen LogP contribution in [-0.4, -0.2) is 51.2 Å². The Labute approximate surface area is 145 Å². The molecule has 1 unspecified atom stereocenters. The number of hydrogen-bond donors (Lipinski definition) is 1. The molecular weight excluding hydrogens is 304 g/mol. The molecule has 1 N–H and O–H groups in total. The Balaban J connectivity index is 1.68. The van der Waals surface area contributed by atoms with Crippen molar-refractivity contribution in [1.82, 2.24) is 10.2 Å². The number of hydrogen-bond acceptors (Lipinski definition) is 4. The second-order valence-corrected chi connectivity index (χ2v) is 6.61. The molecule has 0 aliphatic carbocycles. The number of benzene rings is 1. The Hall–Kier alpha value is -1.75. The van der Waals surface area contributed by atoms with Crippen LogP contribution in [-0.2, 0) is 4.79 Å². The van der Waals surface area contributed by atoms with Gasteiger partial charge in [-0.25, -0.2) is 0 Å². The van der Waals surface area contributed by atoms with E-state index in [1.165, 1.54) is 12.8 Å². The number of carbonyl (C=O) groups is 1. The van der Waals surface area contributed by atoms with E-state index in [2.05, 4.69) is 12.2 Å². The normalized spacial score (nSPS) is 16.5. The van der Waals surface area contributed by atoms with Crippen LogP contribution in [0.3, 0.4) is 0 Å². The van der Waals surface area contributed by atoms with Crippen LogP contribution in [0.2, 0.25) is 0 Å². The first kappa shape index (κ1) is 18.6. The number of ether oxygens (including phenoxy) is 2. The van der Waals surface area contributed by atoms with Gasteiger partial charge in [-0.1, -0.05) is 6.92 Å². The molecule has 134 valence electrons. The van der Waals surface area contributed by atoms with Crippen molar-refractivity contribution >= 4 is 5.91 Å². The summed E-state index contributed by atoms with van der Waals surface area (Å²) < 4.78 is 10.8. The van der Waals surface area contributed by atoms with E-state index in [1.807, 2.05) is 31.3 Å². The van der Waals surface area contributed by atoms with Crippen molar-refractivity contribution in [2.75, 3.05) is 40.4 Å². The van der Waals surface area contributed by atoms with Crippen LogP contribution in [0.1, 0.15) is 26.2 Å². The maximum Gasteiger partial charge on any atom is 0.222 e. The van der Waals surface area contributed by atoms with Gasteiger partial charge in [-0.2, -0.15) is 0 Å². The third kappa shape index (κ3) is 5.71. The average molecular weight is 334 g/mol. The van der Waals surface area contributed by atoms with E-state index in [0.717, 1.165) is 24.6 Å². The number of likely N-dealkylation sites (N-methyl/N-ethyl adjacent to an activating group) is 1. The molecule has 5 nitrogen and oxygen atoms in total. The zero-order chi connectivity index (χ0) is 17.4. The number of rotatable bonds is 8. The van der Waals surface area contributed by atoms with Gasteiger partial charge < -0.3 is 19.7 Å². The predicted octanol–water partition coefficient (Wildman–Crippen LogP) is 2.56. The second kappa shape index (κ2) is 9.52. The Morgan fingerprint density at radius 3 is 2.50 bits per heavy atom. The lowest BCUT2D eigenvalue weighted by atomic mass is 9.84. The van der Waals surface area contributed by atoms with Crippen LogP contribution in [0.25, 0.3) is 0 Å². The van der Waals surface area contributed by atoms with Crippen LogP contribution >= 0.6 is 0 Å². The first-order chi connectivity index (χ1) is 11.6. The molecule has 0 bridgehead atoms. The number of piperidine rings is 1. The number of methoxy groups -OCH3 is 1. The van der Waals surface area contributed by atoms with Crippen LogP contribution in [0, 0.1) is 11.8 Å². The van der Waals surface area contributed by atoms with Gasteiger partial charge in [-0.05, 0) is 62.0 Å². The molecule has 0 saturated carbocycles. The molecular formula is C19H30N2O3. The second-order valence-electron chi connectivity index (χ2n) is 6.61. The third-order valence-corrected chi connectivity index (χ3v) is 4.87. The SMILES string of the molecule is COc1ccc(OCCN(C)C(=O)CC(C)C2CCNCC2)cc1. The summed E-state index contributed by atoms with van der Waals surface area (Å²) in [5, 5.41) is 3.38. The lowest BCUT2D eigenvalue weighted by molar-refractivity contribution is -0.131. The highest BCUT2D eigenvalue weighted by molar-refractivity contribution is 5.76. The van der Waals surface area contributed by atoms with Crippen LogP contribution in [0.15, 0.2) is 24.3 Å². The Morgan fingerprint density at radius 2 is 1.88 bits per heavy atom. The van der Waals surface area contributed by atoms with Crippen molar-refractivity contribution in [3.8, 4) is 11.5 Å². The fourth-order valence-electron chi connectivity index (χ4n) is 3.11. The summed E-state index contributed by atoms with van der Waals surface area (Å²) in [6.07, 6.45) is 2.99. The molecule has 1 aliphatic heterocycles. The number of amides is 1. The number of nitrogens with one attached hydrogen (secondary N) is 1. The molecule has 1 aromatic carbocycles. The summed E-state index contributed by atoms with van der Waals surface area (Å²) >= 11 is 0. The van der Waals surface area contributed by atoms with Crippen molar-refractivity contribution < 1.29 is 14.3 Å². The molecule has 1 heterocycles. The highest BCUT2D eigenvalue weighted by Gasteiger charge is 2.23. The predicted molar refractivity (Wildman–Crippen MR) is 95.5 cm³/mol. The number of nitrogens with zero attached hydrogens (tertiary/aromatic N) is 1. The monoisotopic (exact) mass is 334 g/mol. The third-order valence-electron chi connectivity index (χ3n) is 4.87. The maximum atomic E-state index is 12.4. The van der Waals surface area contributed by atoms with E-state index < -0.39 is 0 Å². The summed E-state index contributed by atoms with van der Waals surface area (Å²) in [5.74, 6) is 2.92. The van der Waals surface area contributed by atoms with E-state index in [9.17, 15) is 4.79 Å². The van der Waals surface area contributed by atoms with Crippen molar-refractivity contribution in [3.05, 3.63) is 24.3 Å². The highest BCUT2D eigenvalue weighted by Crippen LogP contribution is 2.24. The first-order valence-corrected chi connectivity index (χ1v) is 8.81. The quantitative estimate of drug-likeness (QED) is 0.794. The smallest absolute Gasteiger partial charge is 0.222 e. The summed E-state index contributed by atoms with van der Waals surface area (Å²) in [6.45, 7) is 5.46. The van der Waals surface area contributed by atoms with Gasteiger partial charge in [0.25, 0.3) is 0 Å². The summed E-state index contributed by atoms with van der Waals surface area (Å²) in [5.41, 5.74) is 0. The molecule has 1 amide bonds. The molecule has 1 saturated heterocycles. The maximum absolute atomic E-state index is 12.4. The van der Waals surface area contributed by atoms with Gasteiger partial charge in [-0.3, -0.25) is 4.79 Å². The lowest BCUT2D eigenvalue weighted by Crippen LogP contribution is -2.35. The molecule has 1 aliphatic rings. The van der Waals surface area contributed by atoms with E-state index in [-0.39, 0.29) is 5.91 Å². The fraction of sp³-hybridized carbons (Fsp3) is 0.632. The number of carbonyl (C=O) groups excluding carboxylic acids is 1. The van der Waals surface area contributed by atoms with Crippen molar-refractivity contribution in [1.29, 1.82) is 0 Å². The van der Waals surface area contributed by atoms with Gasteiger partial charge in [0.05, 0.1) is 13.7 Å². The molecule has 1 fully saturated rings. The van der Waals surface area contributed by atoms with Gasteiger partial charge in [0.1, 0.15) is 18.1 Å². The Kier molecular flexibility index (Phi) is 7.37. The molecule has 0 radical (unpaired) electrons. The lowest BCUT2D eigenvalue weighted by Gasteiger charge is -2.29. The largest absolute Gasteiger partial charge is 0.497 e. The Morgan fingerprint density at radius 1 is 1.25 bits per heavy atom. The minimum atomic E-state index is 0.208. The molecule has 1 aromatic rings. The van der Waals surface area contributed by atoms with E-state index in [1.54, 1.807) is 12.0 Å². The first-order valence-electron chi connectivity index (χ1n) is 8.81.